The smallest absolute Gasteiger partial charge is 0.307 e. The average Bonchev–Trinajstić information content (AvgIpc) is 2.10. The minimum Gasteiger partial charge on any atom is -0.481 e. The molecule has 4 heteroatoms. The van der Waals surface area contributed by atoms with Gasteiger partial charge in [-0.25, -0.2) is 0 Å². The van der Waals surface area contributed by atoms with Crippen molar-refractivity contribution in [2.45, 2.75) is 20.3 Å². The number of amides is 1. The molecule has 0 aliphatic carbocycles. The molecule has 0 heterocycles. The van der Waals surface area contributed by atoms with Gasteiger partial charge in [0.1, 0.15) is 0 Å². The van der Waals surface area contributed by atoms with Crippen molar-refractivity contribution in [3.63, 3.8) is 0 Å². The van der Waals surface area contributed by atoms with Crippen molar-refractivity contribution in [1.82, 2.24) is 0 Å². The normalized spacial score (nSPS) is 9.73. The Morgan fingerprint density at radius 3 is 2.60 bits per heavy atom. The summed E-state index contributed by atoms with van der Waals surface area (Å²) in [6, 6.07) is 5.23. The van der Waals surface area contributed by atoms with E-state index in [9.17, 15) is 9.59 Å². The van der Waals surface area contributed by atoms with Crippen LogP contribution in [0, 0.1) is 6.92 Å². The van der Waals surface area contributed by atoms with Crippen LogP contribution in [0.25, 0.3) is 0 Å². The number of rotatable bonds is 3. The van der Waals surface area contributed by atoms with Gasteiger partial charge in [-0.3, -0.25) is 9.59 Å². The molecule has 2 N–H and O–H groups in total. The first-order valence-corrected chi connectivity index (χ1v) is 4.58. The Hall–Kier alpha value is -1.84. The van der Waals surface area contributed by atoms with Gasteiger partial charge < -0.3 is 10.4 Å². The monoisotopic (exact) mass is 207 g/mol. The van der Waals surface area contributed by atoms with E-state index < -0.39 is 5.97 Å². The van der Waals surface area contributed by atoms with Crippen LogP contribution in [0.3, 0.4) is 0 Å². The Balaban J connectivity index is 2.99. The summed E-state index contributed by atoms with van der Waals surface area (Å²) in [7, 11) is 0. The summed E-state index contributed by atoms with van der Waals surface area (Å²) >= 11 is 0. The van der Waals surface area contributed by atoms with Crippen LogP contribution in [0.2, 0.25) is 0 Å². The average molecular weight is 207 g/mol. The van der Waals surface area contributed by atoms with Crippen molar-refractivity contribution >= 4 is 17.6 Å². The largest absolute Gasteiger partial charge is 0.481 e. The van der Waals surface area contributed by atoms with E-state index in [1.807, 2.05) is 0 Å². The third-order valence-electron chi connectivity index (χ3n) is 2.10. The van der Waals surface area contributed by atoms with Crippen molar-refractivity contribution in [3.05, 3.63) is 29.3 Å². The second-order valence-electron chi connectivity index (χ2n) is 3.34. The van der Waals surface area contributed by atoms with Gasteiger partial charge in [-0.1, -0.05) is 12.1 Å². The molecule has 0 aliphatic rings. The van der Waals surface area contributed by atoms with Crippen LogP contribution in [-0.4, -0.2) is 17.0 Å². The lowest BCUT2D eigenvalue weighted by molar-refractivity contribution is -0.136. The molecule has 0 bridgehead atoms. The van der Waals surface area contributed by atoms with E-state index in [0.717, 1.165) is 5.56 Å². The lowest BCUT2D eigenvalue weighted by atomic mass is 10.0. The first-order chi connectivity index (χ1) is 7.00. The number of carbonyl (C=O) groups is 2. The number of aliphatic carboxylic acids is 1. The number of benzene rings is 1. The highest BCUT2D eigenvalue weighted by atomic mass is 16.4. The van der Waals surface area contributed by atoms with E-state index in [2.05, 4.69) is 5.32 Å². The molecule has 15 heavy (non-hydrogen) atoms. The van der Waals surface area contributed by atoms with Crippen LogP contribution in [-0.2, 0) is 16.0 Å². The quantitative estimate of drug-likeness (QED) is 0.790. The van der Waals surface area contributed by atoms with Crippen LogP contribution in [0.1, 0.15) is 18.1 Å². The number of carboxylic acids is 1. The second kappa shape index (κ2) is 4.59. The summed E-state index contributed by atoms with van der Waals surface area (Å²) in [6.45, 7) is 3.22. The van der Waals surface area contributed by atoms with Gasteiger partial charge >= 0.3 is 5.97 Å². The van der Waals surface area contributed by atoms with Gasteiger partial charge in [0.2, 0.25) is 5.91 Å². The Morgan fingerprint density at radius 2 is 2.07 bits per heavy atom. The standard InChI is InChI=1S/C11H13NO3/c1-7-9(6-11(14)15)4-3-5-10(7)12-8(2)13/h3-5H,6H2,1-2H3,(H,12,13)(H,14,15). The molecular formula is C11H13NO3. The Morgan fingerprint density at radius 1 is 1.40 bits per heavy atom. The fraction of sp³-hybridized carbons (Fsp3) is 0.273. The van der Waals surface area contributed by atoms with E-state index in [-0.39, 0.29) is 12.3 Å². The summed E-state index contributed by atoms with van der Waals surface area (Å²) in [4.78, 5) is 21.4. The van der Waals surface area contributed by atoms with Crippen molar-refractivity contribution in [2.24, 2.45) is 0 Å². The molecule has 0 saturated carbocycles. The Bertz CT molecular complexity index is 365. The summed E-state index contributed by atoms with van der Waals surface area (Å²) in [5, 5.41) is 11.3. The van der Waals surface area contributed by atoms with Crippen molar-refractivity contribution < 1.29 is 14.7 Å². The highest BCUT2D eigenvalue weighted by Crippen LogP contribution is 2.19. The molecule has 80 valence electrons. The number of anilines is 1. The number of nitrogens with one attached hydrogen (secondary N) is 1. The Kier molecular flexibility index (Phi) is 3.44. The molecule has 1 rings (SSSR count). The molecule has 0 unspecified atom stereocenters. The molecular weight excluding hydrogens is 194 g/mol. The summed E-state index contributed by atoms with van der Waals surface area (Å²) in [5.41, 5.74) is 2.19. The highest BCUT2D eigenvalue weighted by Gasteiger charge is 2.07. The summed E-state index contributed by atoms with van der Waals surface area (Å²) < 4.78 is 0. The number of hydrogen-bond acceptors (Lipinski definition) is 2. The first kappa shape index (κ1) is 11.2. The van der Waals surface area contributed by atoms with Crippen molar-refractivity contribution in [2.75, 3.05) is 5.32 Å². The van der Waals surface area contributed by atoms with Crippen LogP contribution in [0.5, 0.6) is 0 Å². The zero-order chi connectivity index (χ0) is 11.4. The van der Waals surface area contributed by atoms with Gasteiger partial charge in [-0.2, -0.15) is 0 Å². The molecule has 0 atom stereocenters. The number of hydrogen-bond donors (Lipinski definition) is 2. The van der Waals surface area contributed by atoms with E-state index in [0.29, 0.717) is 11.3 Å². The minimum absolute atomic E-state index is 0.0285. The molecule has 0 aromatic heterocycles. The summed E-state index contributed by atoms with van der Waals surface area (Å²) in [5.74, 6) is -1.04. The molecule has 1 aromatic rings. The second-order valence-corrected chi connectivity index (χ2v) is 3.34. The van der Waals surface area contributed by atoms with Gasteiger partial charge in [0, 0.05) is 12.6 Å². The van der Waals surface area contributed by atoms with E-state index in [1.165, 1.54) is 6.92 Å². The van der Waals surface area contributed by atoms with Crippen LogP contribution >= 0.6 is 0 Å². The third kappa shape index (κ3) is 3.09. The molecule has 0 fully saturated rings. The number of carboxylic acid groups (broad SMARTS) is 1. The van der Waals surface area contributed by atoms with E-state index in [1.54, 1.807) is 25.1 Å². The van der Waals surface area contributed by atoms with Crippen LogP contribution in [0.15, 0.2) is 18.2 Å². The molecule has 1 amide bonds. The van der Waals surface area contributed by atoms with Crippen LogP contribution < -0.4 is 5.32 Å². The SMILES string of the molecule is CC(=O)Nc1cccc(CC(=O)O)c1C. The van der Waals surface area contributed by atoms with Crippen LogP contribution in [0.4, 0.5) is 5.69 Å². The molecule has 0 aliphatic heterocycles. The molecule has 1 aromatic carbocycles. The lowest BCUT2D eigenvalue weighted by Crippen LogP contribution is -2.09. The van der Waals surface area contributed by atoms with Gasteiger partial charge in [0.25, 0.3) is 0 Å². The molecule has 4 nitrogen and oxygen atoms in total. The highest BCUT2D eigenvalue weighted by molar-refractivity contribution is 5.89. The predicted octanol–water partition coefficient (Wildman–Crippen LogP) is 1.58. The fourth-order valence-electron chi connectivity index (χ4n) is 1.36. The van der Waals surface area contributed by atoms with Crippen molar-refractivity contribution in [1.29, 1.82) is 0 Å². The fourth-order valence-corrected chi connectivity index (χ4v) is 1.36. The van der Waals surface area contributed by atoms with Gasteiger partial charge in [0.15, 0.2) is 0 Å². The zero-order valence-electron chi connectivity index (χ0n) is 8.70. The van der Waals surface area contributed by atoms with Gasteiger partial charge in [-0.05, 0) is 24.1 Å². The minimum atomic E-state index is -0.877. The van der Waals surface area contributed by atoms with Gasteiger partial charge in [-0.15, -0.1) is 0 Å². The topological polar surface area (TPSA) is 66.4 Å². The zero-order valence-corrected chi connectivity index (χ0v) is 8.70. The summed E-state index contributed by atoms with van der Waals surface area (Å²) in [6.07, 6.45) is -0.0285. The molecule has 0 spiro atoms. The first-order valence-electron chi connectivity index (χ1n) is 4.58. The maximum atomic E-state index is 10.9. The third-order valence-corrected chi connectivity index (χ3v) is 2.10. The molecule has 0 saturated heterocycles. The maximum absolute atomic E-state index is 10.9. The van der Waals surface area contributed by atoms with E-state index in [4.69, 9.17) is 5.11 Å². The van der Waals surface area contributed by atoms with Gasteiger partial charge in [0.05, 0.1) is 6.42 Å². The lowest BCUT2D eigenvalue weighted by Gasteiger charge is -2.09. The number of carbonyl (C=O) groups excluding carboxylic acids is 1. The maximum Gasteiger partial charge on any atom is 0.307 e. The predicted molar refractivity (Wildman–Crippen MR) is 56.8 cm³/mol. The van der Waals surface area contributed by atoms with Crippen molar-refractivity contribution in [3.8, 4) is 0 Å². The Labute approximate surface area is 87.9 Å². The van der Waals surface area contributed by atoms with E-state index >= 15 is 0 Å². The molecule has 0 radical (unpaired) electrons.